The Bertz CT molecular complexity index is 540. The summed E-state index contributed by atoms with van der Waals surface area (Å²) < 4.78 is 0.944. The quantitative estimate of drug-likeness (QED) is 0.825. The van der Waals surface area contributed by atoms with Gasteiger partial charge in [0.1, 0.15) is 0 Å². The van der Waals surface area contributed by atoms with E-state index < -0.39 is 11.8 Å². The van der Waals surface area contributed by atoms with Gasteiger partial charge in [-0.2, -0.15) is 0 Å². The Labute approximate surface area is 133 Å². The van der Waals surface area contributed by atoms with E-state index in [4.69, 9.17) is 0 Å². The van der Waals surface area contributed by atoms with Crippen molar-refractivity contribution in [2.24, 2.45) is 0 Å². The molecule has 1 fully saturated rings. The molecule has 2 rings (SSSR count). The fourth-order valence-corrected chi connectivity index (χ4v) is 2.83. The first kappa shape index (κ1) is 16.0. The molecule has 5 nitrogen and oxygen atoms in total. The van der Waals surface area contributed by atoms with E-state index in [-0.39, 0.29) is 0 Å². The highest BCUT2D eigenvalue weighted by molar-refractivity contribution is 9.10. The lowest BCUT2D eigenvalue weighted by atomic mass is 10.2. The summed E-state index contributed by atoms with van der Waals surface area (Å²) in [5, 5.41) is 2.70. The van der Waals surface area contributed by atoms with Gasteiger partial charge in [-0.25, -0.2) is 0 Å². The Morgan fingerprint density at radius 3 is 2.48 bits per heavy atom. The van der Waals surface area contributed by atoms with Crippen molar-refractivity contribution in [2.75, 3.05) is 38.0 Å². The van der Waals surface area contributed by atoms with Gasteiger partial charge >= 0.3 is 11.8 Å². The summed E-state index contributed by atoms with van der Waals surface area (Å²) in [5.41, 5.74) is 1.59. The van der Waals surface area contributed by atoms with Crippen molar-refractivity contribution < 1.29 is 9.59 Å². The van der Waals surface area contributed by atoms with E-state index in [1.807, 2.05) is 19.1 Å². The molecule has 0 atom stereocenters. The van der Waals surface area contributed by atoms with E-state index in [9.17, 15) is 9.59 Å². The molecule has 0 saturated carbocycles. The zero-order chi connectivity index (χ0) is 15.4. The molecule has 0 spiro atoms. The first-order chi connectivity index (χ1) is 10.0. The molecule has 1 aromatic carbocycles. The number of nitrogens with zero attached hydrogens (tertiary/aromatic N) is 2. The van der Waals surface area contributed by atoms with Gasteiger partial charge in [-0.05, 0) is 37.2 Å². The molecule has 6 heteroatoms. The Morgan fingerprint density at radius 1 is 1.24 bits per heavy atom. The first-order valence-electron chi connectivity index (χ1n) is 7.10. The topological polar surface area (TPSA) is 52.7 Å². The number of carbonyl (C=O) groups excluding carboxylic acids is 2. The summed E-state index contributed by atoms with van der Waals surface area (Å²) in [4.78, 5) is 28.1. The van der Waals surface area contributed by atoms with Crippen LogP contribution in [0.15, 0.2) is 22.7 Å². The zero-order valence-electron chi connectivity index (χ0n) is 12.4. The van der Waals surface area contributed by atoms with Crippen molar-refractivity contribution in [1.82, 2.24) is 9.80 Å². The van der Waals surface area contributed by atoms with Crippen molar-refractivity contribution >= 4 is 33.4 Å². The largest absolute Gasteiger partial charge is 0.332 e. The molecule has 0 aromatic heterocycles. The van der Waals surface area contributed by atoms with Crippen molar-refractivity contribution in [3.8, 4) is 0 Å². The molecule has 0 radical (unpaired) electrons. The number of rotatable bonds is 2. The molecule has 1 saturated heterocycles. The van der Waals surface area contributed by atoms with Crippen LogP contribution in [-0.2, 0) is 9.59 Å². The Hall–Kier alpha value is -1.40. The number of piperazine rings is 1. The van der Waals surface area contributed by atoms with Gasteiger partial charge in [0.05, 0.1) is 0 Å². The van der Waals surface area contributed by atoms with E-state index >= 15 is 0 Å². The van der Waals surface area contributed by atoms with E-state index in [2.05, 4.69) is 33.1 Å². The van der Waals surface area contributed by atoms with Gasteiger partial charge in [-0.1, -0.05) is 22.9 Å². The lowest BCUT2D eigenvalue weighted by Gasteiger charge is -2.33. The Kier molecular flexibility index (Phi) is 5.36. The summed E-state index contributed by atoms with van der Waals surface area (Å²) in [6, 6.07) is 5.53. The highest BCUT2D eigenvalue weighted by atomic mass is 79.9. The summed E-state index contributed by atoms with van der Waals surface area (Å²) in [7, 11) is 0. The predicted molar refractivity (Wildman–Crippen MR) is 86.2 cm³/mol. The third-order valence-corrected chi connectivity index (χ3v) is 4.23. The van der Waals surface area contributed by atoms with Crippen LogP contribution in [0.1, 0.15) is 12.5 Å². The van der Waals surface area contributed by atoms with Crippen molar-refractivity contribution in [2.45, 2.75) is 13.8 Å². The second-order valence-corrected chi connectivity index (χ2v) is 6.06. The smallest absolute Gasteiger partial charge is 0.313 e. The van der Waals surface area contributed by atoms with Gasteiger partial charge in [-0.3, -0.25) is 9.59 Å². The van der Waals surface area contributed by atoms with Crippen LogP contribution in [-0.4, -0.2) is 54.3 Å². The number of hydrogen-bond donors (Lipinski definition) is 1. The van der Waals surface area contributed by atoms with Gasteiger partial charge in [-0.15, -0.1) is 0 Å². The van der Waals surface area contributed by atoms with Crippen molar-refractivity contribution in [3.63, 3.8) is 0 Å². The maximum absolute atomic E-state index is 12.2. The number of hydrogen-bond acceptors (Lipinski definition) is 3. The van der Waals surface area contributed by atoms with Crippen LogP contribution in [0.3, 0.4) is 0 Å². The van der Waals surface area contributed by atoms with E-state index in [1.165, 1.54) is 0 Å². The number of benzene rings is 1. The molecular formula is C15H20BrN3O2. The minimum atomic E-state index is -0.564. The Morgan fingerprint density at radius 2 is 1.90 bits per heavy atom. The number of likely N-dealkylation sites (N-methyl/N-ethyl adjacent to an activating group) is 1. The van der Waals surface area contributed by atoms with Crippen LogP contribution in [0.25, 0.3) is 0 Å². The zero-order valence-corrected chi connectivity index (χ0v) is 13.9. The molecule has 1 heterocycles. The standard InChI is InChI=1S/C15H20BrN3O2/c1-3-18-6-8-19(9-7-18)15(21)14(20)17-13-5-4-12(16)10-11(13)2/h4-5,10H,3,6-9H2,1-2H3,(H,17,20). The molecule has 2 amide bonds. The summed E-state index contributed by atoms with van der Waals surface area (Å²) in [6.07, 6.45) is 0. The predicted octanol–water partition coefficient (Wildman–Crippen LogP) is 1.86. The molecular weight excluding hydrogens is 334 g/mol. The SMILES string of the molecule is CCN1CCN(C(=O)C(=O)Nc2ccc(Br)cc2C)CC1. The van der Waals surface area contributed by atoms with Gasteiger partial charge in [0.15, 0.2) is 0 Å². The first-order valence-corrected chi connectivity index (χ1v) is 7.89. The average molecular weight is 354 g/mol. The van der Waals surface area contributed by atoms with Crippen molar-refractivity contribution in [3.05, 3.63) is 28.2 Å². The molecule has 1 aromatic rings. The molecule has 0 aliphatic carbocycles. The molecule has 0 bridgehead atoms. The average Bonchev–Trinajstić information content (AvgIpc) is 2.49. The normalized spacial score (nSPS) is 15.9. The van der Waals surface area contributed by atoms with Crippen molar-refractivity contribution in [1.29, 1.82) is 0 Å². The van der Waals surface area contributed by atoms with Crippen LogP contribution in [0.4, 0.5) is 5.69 Å². The third-order valence-electron chi connectivity index (χ3n) is 3.74. The molecule has 1 N–H and O–H groups in total. The number of aryl methyl sites for hydroxylation is 1. The molecule has 1 aliphatic heterocycles. The fourth-order valence-electron chi connectivity index (χ4n) is 2.35. The van der Waals surface area contributed by atoms with E-state index in [0.29, 0.717) is 18.8 Å². The third kappa shape index (κ3) is 4.04. The van der Waals surface area contributed by atoms with Gasteiger partial charge in [0.25, 0.3) is 0 Å². The molecule has 114 valence electrons. The minimum Gasteiger partial charge on any atom is -0.332 e. The molecule has 21 heavy (non-hydrogen) atoms. The van der Waals surface area contributed by atoms with Crippen LogP contribution in [0.2, 0.25) is 0 Å². The van der Waals surface area contributed by atoms with Gasteiger partial charge in [0.2, 0.25) is 0 Å². The highest BCUT2D eigenvalue weighted by Crippen LogP contribution is 2.20. The Balaban J connectivity index is 1.95. The van der Waals surface area contributed by atoms with Crippen LogP contribution < -0.4 is 5.32 Å². The second kappa shape index (κ2) is 7.04. The minimum absolute atomic E-state index is 0.451. The number of carbonyl (C=O) groups is 2. The summed E-state index contributed by atoms with van der Waals surface area (Å²) in [5.74, 6) is -1.02. The van der Waals surface area contributed by atoms with E-state index in [0.717, 1.165) is 29.7 Å². The fraction of sp³-hybridized carbons (Fsp3) is 0.467. The monoisotopic (exact) mass is 353 g/mol. The van der Waals surface area contributed by atoms with Gasteiger partial charge in [0, 0.05) is 36.3 Å². The lowest BCUT2D eigenvalue weighted by molar-refractivity contribution is -0.144. The number of anilines is 1. The summed E-state index contributed by atoms with van der Waals surface area (Å²) >= 11 is 3.37. The van der Waals surface area contributed by atoms with Crippen LogP contribution in [0, 0.1) is 6.92 Å². The van der Waals surface area contributed by atoms with Crippen LogP contribution >= 0.6 is 15.9 Å². The number of nitrogens with one attached hydrogen (secondary N) is 1. The summed E-state index contributed by atoms with van der Waals surface area (Å²) in [6.45, 7) is 7.84. The second-order valence-electron chi connectivity index (χ2n) is 5.14. The van der Waals surface area contributed by atoms with Gasteiger partial charge < -0.3 is 15.1 Å². The maximum Gasteiger partial charge on any atom is 0.313 e. The van der Waals surface area contributed by atoms with E-state index in [1.54, 1.807) is 11.0 Å². The highest BCUT2D eigenvalue weighted by Gasteiger charge is 2.25. The number of amides is 2. The molecule has 1 aliphatic rings. The molecule has 0 unspecified atom stereocenters. The maximum atomic E-state index is 12.2. The lowest BCUT2D eigenvalue weighted by Crippen LogP contribution is -2.51. The number of halogens is 1. The van der Waals surface area contributed by atoms with Crippen LogP contribution in [0.5, 0.6) is 0 Å².